The van der Waals surface area contributed by atoms with E-state index >= 15 is 0 Å². The highest BCUT2D eigenvalue weighted by Crippen LogP contribution is 2.24. The van der Waals surface area contributed by atoms with Gasteiger partial charge in [-0.15, -0.1) is 0 Å². The van der Waals surface area contributed by atoms with Crippen LogP contribution in [-0.4, -0.2) is 70.3 Å². The Bertz CT molecular complexity index is 966. The second-order valence-electron chi connectivity index (χ2n) is 6.93. The molecular weight excluding hydrogens is 388 g/mol. The van der Waals surface area contributed by atoms with E-state index in [9.17, 15) is 5.11 Å². The normalized spacial score (nSPS) is 15.9. The number of nitrogens with zero attached hydrogens (tertiary/aromatic N) is 3. The topological polar surface area (TPSA) is 75.5 Å². The van der Waals surface area contributed by atoms with Crippen molar-refractivity contribution in [1.82, 2.24) is 19.7 Å². The van der Waals surface area contributed by atoms with Gasteiger partial charge in [0, 0.05) is 30.9 Å². The predicted octanol–water partition coefficient (Wildman–Crippen LogP) is 2.67. The highest BCUT2D eigenvalue weighted by Gasteiger charge is 2.15. The third-order valence-electron chi connectivity index (χ3n) is 4.81. The van der Waals surface area contributed by atoms with Crippen LogP contribution >= 0.6 is 12.2 Å². The van der Waals surface area contributed by atoms with E-state index in [1.165, 1.54) is 0 Å². The number of hydrogen-bond acceptors (Lipinski definition) is 6. The molecule has 1 atom stereocenters. The number of hydrogen-bond donors (Lipinski definition) is 2. The van der Waals surface area contributed by atoms with Crippen molar-refractivity contribution in [2.45, 2.75) is 6.10 Å². The smallest absolute Gasteiger partial charge is 0.200 e. The number of aliphatic hydroxyl groups excluding tert-OH is 1. The lowest BCUT2D eigenvalue weighted by Crippen LogP contribution is -2.42. The van der Waals surface area contributed by atoms with Crippen LogP contribution in [0.1, 0.15) is 0 Å². The highest BCUT2D eigenvalue weighted by molar-refractivity contribution is 7.71. The number of aliphatic hydroxyl groups is 1. The van der Waals surface area contributed by atoms with E-state index in [-0.39, 0.29) is 6.61 Å². The molecule has 1 saturated heterocycles. The minimum Gasteiger partial charge on any atom is -0.491 e. The minimum atomic E-state index is -0.540. The van der Waals surface area contributed by atoms with E-state index in [0.717, 1.165) is 43.4 Å². The third kappa shape index (κ3) is 4.91. The van der Waals surface area contributed by atoms with E-state index in [4.69, 9.17) is 21.7 Å². The monoisotopic (exact) mass is 412 g/mol. The Morgan fingerprint density at radius 3 is 2.55 bits per heavy atom. The first-order valence-electron chi connectivity index (χ1n) is 9.65. The minimum absolute atomic E-state index is 0.249. The SMILES string of the molecule is O[C@H](COc1ccc(-c2n[nH]c(=S)n2-c2ccccc2)cc1)CN1CCOCC1. The van der Waals surface area contributed by atoms with Gasteiger partial charge in [0.15, 0.2) is 10.6 Å². The van der Waals surface area contributed by atoms with Gasteiger partial charge in [0.2, 0.25) is 0 Å². The number of benzene rings is 2. The average molecular weight is 413 g/mol. The number of rotatable bonds is 7. The molecule has 0 bridgehead atoms. The molecule has 3 aromatic rings. The number of aromatic amines is 1. The van der Waals surface area contributed by atoms with Crippen LogP contribution in [0.15, 0.2) is 54.6 Å². The van der Waals surface area contributed by atoms with Gasteiger partial charge in [-0.2, -0.15) is 5.10 Å². The van der Waals surface area contributed by atoms with E-state index < -0.39 is 6.10 Å². The fourth-order valence-electron chi connectivity index (χ4n) is 3.33. The number of β-amino-alcohol motifs (C(OH)–C–C–N with tert-alkyl or cyclic N) is 1. The zero-order valence-corrected chi connectivity index (χ0v) is 16.8. The Balaban J connectivity index is 1.40. The summed E-state index contributed by atoms with van der Waals surface area (Å²) >= 11 is 5.40. The summed E-state index contributed by atoms with van der Waals surface area (Å²) in [7, 11) is 0. The van der Waals surface area contributed by atoms with Crippen molar-refractivity contribution < 1.29 is 14.6 Å². The Kier molecular flexibility index (Phi) is 6.36. The van der Waals surface area contributed by atoms with Gasteiger partial charge in [0.25, 0.3) is 0 Å². The molecule has 0 spiro atoms. The fraction of sp³-hybridized carbons (Fsp3) is 0.333. The van der Waals surface area contributed by atoms with Crippen molar-refractivity contribution in [1.29, 1.82) is 0 Å². The van der Waals surface area contributed by atoms with Crippen LogP contribution in [0.3, 0.4) is 0 Å². The maximum atomic E-state index is 10.2. The number of aromatic nitrogens is 3. The summed E-state index contributed by atoms with van der Waals surface area (Å²) in [5, 5.41) is 17.5. The van der Waals surface area contributed by atoms with Gasteiger partial charge in [-0.25, -0.2) is 0 Å². The third-order valence-corrected chi connectivity index (χ3v) is 5.09. The summed E-state index contributed by atoms with van der Waals surface area (Å²) in [6.45, 7) is 3.98. The number of morpholine rings is 1. The summed E-state index contributed by atoms with van der Waals surface area (Å²) < 4.78 is 13.5. The Morgan fingerprint density at radius 1 is 1.10 bits per heavy atom. The summed E-state index contributed by atoms with van der Waals surface area (Å²) in [6.07, 6.45) is -0.540. The maximum Gasteiger partial charge on any atom is 0.200 e. The van der Waals surface area contributed by atoms with Gasteiger partial charge in [-0.1, -0.05) is 18.2 Å². The summed E-state index contributed by atoms with van der Waals surface area (Å²) in [5.41, 5.74) is 1.87. The molecule has 7 nitrogen and oxygen atoms in total. The number of nitrogens with one attached hydrogen (secondary N) is 1. The van der Waals surface area contributed by atoms with Crippen LogP contribution in [0, 0.1) is 4.77 Å². The van der Waals surface area contributed by atoms with Crippen molar-refractivity contribution >= 4 is 12.2 Å². The van der Waals surface area contributed by atoms with E-state index in [0.29, 0.717) is 17.1 Å². The first-order valence-corrected chi connectivity index (χ1v) is 10.1. The quantitative estimate of drug-likeness (QED) is 0.581. The molecule has 1 aromatic heterocycles. The number of para-hydroxylation sites is 1. The largest absolute Gasteiger partial charge is 0.491 e. The lowest BCUT2D eigenvalue weighted by molar-refractivity contribution is 0.00466. The molecule has 29 heavy (non-hydrogen) atoms. The molecular formula is C21H24N4O3S. The van der Waals surface area contributed by atoms with Crippen molar-refractivity contribution in [2.75, 3.05) is 39.5 Å². The van der Waals surface area contributed by atoms with Crippen LogP contribution in [-0.2, 0) is 4.74 Å². The van der Waals surface area contributed by atoms with Gasteiger partial charge >= 0.3 is 0 Å². The second-order valence-corrected chi connectivity index (χ2v) is 7.31. The summed E-state index contributed by atoms with van der Waals surface area (Å²) in [5.74, 6) is 1.44. The molecule has 4 rings (SSSR count). The summed E-state index contributed by atoms with van der Waals surface area (Å²) in [6, 6.07) is 17.5. The first kappa shape index (κ1) is 19.8. The average Bonchev–Trinajstić information content (AvgIpc) is 3.15. The lowest BCUT2D eigenvalue weighted by Gasteiger charge is -2.28. The number of H-pyrrole nitrogens is 1. The molecule has 152 valence electrons. The zero-order chi connectivity index (χ0) is 20.1. The van der Waals surface area contributed by atoms with Gasteiger partial charge in [0.05, 0.1) is 13.2 Å². The summed E-state index contributed by atoms with van der Waals surface area (Å²) in [4.78, 5) is 2.19. The van der Waals surface area contributed by atoms with Crippen LogP contribution in [0.5, 0.6) is 5.75 Å². The predicted molar refractivity (Wildman–Crippen MR) is 113 cm³/mol. The molecule has 1 fully saturated rings. The van der Waals surface area contributed by atoms with Crippen molar-refractivity contribution in [2.24, 2.45) is 0 Å². The second kappa shape index (κ2) is 9.32. The van der Waals surface area contributed by atoms with Crippen molar-refractivity contribution in [3.8, 4) is 22.8 Å². The number of ether oxygens (including phenoxy) is 2. The molecule has 0 unspecified atom stereocenters. The van der Waals surface area contributed by atoms with Crippen LogP contribution in [0.2, 0.25) is 0 Å². The lowest BCUT2D eigenvalue weighted by atomic mass is 10.2. The van der Waals surface area contributed by atoms with Gasteiger partial charge in [-0.05, 0) is 48.6 Å². The van der Waals surface area contributed by atoms with Gasteiger partial charge < -0.3 is 14.6 Å². The Labute approximate surface area is 174 Å². The standard InChI is InChI=1S/C21H24N4O3S/c26-18(14-24-10-12-27-13-11-24)15-28-19-8-6-16(7-9-19)20-22-23-21(29)25(20)17-4-2-1-3-5-17/h1-9,18,26H,10-15H2,(H,23,29)/t18-/m0/s1. The van der Waals surface area contributed by atoms with E-state index in [2.05, 4.69) is 15.1 Å². The molecule has 2 N–H and O–H groups in total. The molecule has 0 saturated carbocycles. The molecule has 2 heterocycles. The van der Waals surface area contributed by atoms with Gasteiger partial charge in [-0.3, -0.25) is 14.6 Å². The van der Waals surface area contributed by atoms with Gasteiger partial charge in [0.1, 0.15) is 18.5 Å². The van der Waals surface area contributed by atoms with Crippen LogP contribution in [0.4, 0.5) is 0 Å². The first-order chi connectivity index (χ1) is 14.2. The molecule has 0 amide bonds. The molecule has 1 aliphatic rings. The maximum absolute atomic E-state index is 10.2. The molecule has 0 aliphatic carbocycles. The zero-order valence-electron chi connectivity index (χ0n) is 16.0. The van der Waals surface area contributed by atoms with Crippen molar-refractivity contribution in [3.63, 3.8) is 0 Å². The Hall–Kier alpha value is -2.52. The molecule has 8 heteroatoms. The fourth-order valence-corrected chi connectivity index (χ4v) is 3.57. The van der Waals surface area contributed by atoms with Crippen LogP contribution in [0.25, 0.3) is 17.1 Å². The molecule has 0 radical (unpaired) electrons. The molecule has 1 aliphatic heterocycles. The van der Waals surface area contributed by atoms with Crippen LogP contribution < -0.4 is 4.74 Å². The van der Waals surface area contributed by atoms with Crippen molar-refractivity contribution in [3.05, 3.63) is 59.4 Å². The van der Waals surface area contributed by atoms with E-state index in [1.54, 1.807) is 0 Å². The highest BCUT2D eigenvalue weighted by atomic mass is 32.1. The Morgan fingerprint density at radius 2 is 1.83 bits per heavy atom. The molecule has 2 aromatic carbocycles. The van der Waals surface area contributed by atoms with E-state index in [1.807, 2.05) is 59.2 Å².